The molecule has 0 saturated carbocycles. The van der Waals surface area contributed by atoms with E-state index in [1.807, 2.05) is 31.2 Å². The lowest BCUT2D eigenvalue weighted by atomic mass is 10.0. The fraction of sp³-hybridized carbons (Fsp3) is 0.188. The number of anilines is 1. The number of hydrogen-bond acceptors (Lipinski definition) is 2. The van der Waals surface area contributed by atoms with Crippen LogP contribution in [0.4, 0.5) is 10.1 Å². The quantitative estimate of drug-likeness (QED) is 0.894. The van der Waals surface area contributed by atoms with E-state index in [-0.39, 0.29) is 5.82 Å². The Balaban J connectivity index is 2.28. The van der Waals surface area contributed by atoms with Crippen molar-refractivity contribution in [3.8, 4) is 6.07 Å². The van der Waals surface area contributed by atoms with E-state index in [0.29, 0.717) is 11.1 Å². The minimum atomic E-state index is -0.559. The van der Waals surface area contributed by atoms with Gasteiger partial charge in [-0.25, -0.2) is 4.39 Å². The predicted molar refractivity (Wildman–Crippen MR) is 74.3 cm³/mol. The lowest BCUT2D eigenvalue weighted by Gasteiger charge is -2.15. The number of nitrogens with one attached hydrogen (secondary N) is 1. The van der Waals surface area contributed by atoms with Gasteiger partial charge in [0.05, 0.1) is 6.07 Å². The SMILES string of the molecule is Cc1ccc(C(C#N)Nc2ccccc2C)cc1F. The highest BCUT2D eigenvalue weighted by Gasteiger charge is 2.12. The molecular formula is C16H15FN2. The van der Waals surface area contributed by atoms with Gasteiger partial charge in [0.25, 0.3) is 0 Å². The molecule has 0 amide bonds. The fourth-order valence-electron chi connectivity index (χ4n) is 1.87. The molecule has 2 rings (SSSR count). The van der Waals surface area contributed by atoms with E-state index in [0.717, 1.165) is 11.3 Å². The number of halogens is 1. The van der Waals surface area contributed by atoms with Gasteiger partial charge in [-0.2, -0.15) is 5.26 Å². The first-order valence-electron chi connectivity index (χ1n) is 6.09. The van der Waals surface area contributed by atoms with E-state index in [2.05, 4.69) is 11.4 Å². The van der Waals surface area contributed by atoms with Crippen LogP contribution in [0.3, 0.4) is 0 Å². The van der Waals surface area contributed by atoms with Gasteiger partial charge in [0.15, 0.2) is 0 Å². The molecule has 3 heteroatoms. The summed E-state index contributed by atoms with van der Waals surface area (Å²) >= 11 is 0. The van der Waals surface area contributed by atoms with Gasteiger partial charge in [-0.1, -0.05) is 30.3 Å². The Morgan fingerprint density at radius 1 is 1.11 bits per heavy atom. The summed E-state index contributed by atoms with van der Waals surface area (Å²) < 4.78 is 13.6. The standard InChI is InChI=1S/C16H15FN2/c1-11-7-8-13(9-14(11)17)16(10-18)19-15-6-4-3-5-12(15)2/h3-9,16,19H,1-2H3. The summed E-state index contributed by atoms with van der Waals surface area (Å²) in [5.41, 5.74) is 3.15. The molecule has 1 N–H and O–H groups in total. The summed E-state index contributed by atoms with van der Waals surface area (Å²) in [6.45, 7) is 3.67. The van der Waals surface area contributed by atoms with E-state index in [9.17, 15) is 9.65 Å². The van der Waals surface area contributed by atoms with Gasteiger partial charge in [0.1, 0.15) is 11.9 Å². The van der Waals surface area contributed by atoms with Crippen LogP contribution in [0.25, 0.3) is 0 Å². The van der Waals surface area contributed by atoms with Crippen molar-refractivity contribution in [3.63, 3.8) is 0 Å². The molecule has 1 atom stereocenters. The number of nitriles is 1. The molecule has 96 valence electrons. The van der Waals surface area contributed by atoms with Gasteiger partial charge in [-0.3, -0.25) is 0 Å². The molecule has 0 heterocycles. The van der Waals surface area contributed by atoms with Crippen molar-refractivity contribution in [2.24, 2.45) is 0 Å². The first-order valence-corrected chi connectivity index (χ1v) is 6.09. The fourth-order valence-corrected chi connectivity index (χ4v) is 1.87. The molecule has 0 spiro atoms. The summed E-state index contributed by atoms with van der Waals surface area (Å²) in [5, 5.41) is 12.4. The van der Waals surface area contributed by atoms with Crippen molar-refractivity contribution in [1.29, 1.82) is 5.26 Å². The topological polar surface area (TPSA) is 35.8 Å². The summed E-state index contributed by atoms with van der Waals surface area (Å²) in [4.78, 5) is 0. The van der Waals surface area contributed by atoms with Gasteiger partial charge in [-0.15, -0.1) is 0 Å². The van der Waals surface area contributed by atoms with Crippen molar-refractivity contribution in [1.82, 2.24) is 0 Å². The number of hydrogen-bond donors (Lipinski definition) is 1. The van der Waals surface area contributed by atoms with Crippen LogP contribution in [-0.4, -0.2) is 0 Å². The second-order valence-corrected chi connectivity index (χ2v) is 4.53. The Labute approximate surface area is 112 Å². The predicted octanol–water partition coefficient (Wildman–Crippen LogP) is 4.12. The summed E-state index contributed by atoms with van der Waals surface area (Å²) in [5.74, 6) is -0.288. The lowest BCUT2D eigenvalue weighted by Crippen LogP contribution is -2.09. The number of aryl methyl sites for hydroxylation is 2. The Morgan fingerprint density at radius 2 is 1.84 bits per heavy atom. The third-order valence-corrected chi connectivity index (χ3v) is 3.10. The van der Waals surface area contributed by atoms with Crippen molar-refractivity contribution < 1.29 is 4.39 Å². The third kappa shape index (κ3) is 2.92. The van der Waals surface area contributed by atoms with Crippen molar-refractivity contribution in [3.05, 3.63) is 65.0 Å². The van der Waals surface area contributed by atoms with Crippen LogP contribution in [0.5, 0.6) is 0 Å². The van der Waals surface area contributed by atoms with Crippen molar-refractivity contribution >= 4 is 5.69 Å². The van der Waals surface area contributed by atoms with E-state index in [4.69, 9.17) is 0 Å². The minimum Gasteiger partial charge on any atom is -0.366 e. The summed E-state index contributed by atoms with van der Waals surface area (Å²) in [7, 11) is 0. The Morgan fingerprint density at radius 3 is 2.47 bits per heavy atom. The van der Waals surface area contributed by atoms with Crippen LogP contribution in [0.15, 0.2) is 42.5 Å². The van der Waals surface area contributed by atoms with Crippen LogP contribution in [0, 0.1) is 31.0 Å². The molecule has 0 radical (unpaired) electrons. The maximum absolute atomic E-state index is 13.6. The average Bonchev–Trinajstić information content (AvgIpc) is 2.41. The molecular weight excluding hydrogens is 239 g/mol. The molecule has 0 fully saturated rings. The third-order valence-electron chi connectivity index (χ3n) is 3.10. The monoisotopic (exact) mass is 254 g/mol. The molecule has 0 aliphatic rings. The van der Waals surface area contributed by atoms with Gasteiger partial charge in [0.2, 0.25) is 0 Å². The summed E-state index contributed by atoms with van der Waals surface area (Å²) in [6.07, 6.45) is 0. The lowest BCUT2D eigenvalue weighted by molar-refractivity contribution is 0.615. The first kappa shape index (κ1) is 13.1. The average molecular weight is 254 g/mol. The molecule has 2 aromatic carbocycles. The Kier molecular flexibility index (Phi) is 3.82. The number of para-hydroxylation sites is 1. The molecule has 0 bridgehead atoms. The van der Waals surface area contributed by atoms with E-state index < -0.39 is 6.04 Å². The van der Waals surface area contributed by atoms with E-state index in [1.165, 1.54) is 6.07 Å². The second kappa shape index (κ2) is 5.53. The second-order valence-electron chi connectivity index (χ2n) is 4.53. The Bertz CT molecular complexity index is 629. The van der Waals surface area contributed by atoms with E-state index >= 15 is 0 Å². The van der Waals surface area contributed by atoms with Crippen LogP contribution in [-0.2, 0) is 0 Å². The normalized spacial score (nSPS) is 11.7. The zero-order valence-electron chi connectivity index (χ0n) is 10.9. The van der Waals surface area contributed by atoms with Gasteiger partial charge in [-0.05, 0) is 42.7 Å². The van der Waals surface area contributed by atoms with Gasteiger partial charge >= 0.3 is 0 Å². The molecule has 1 unspecified atom stereocenters. The maximum atomic E-state index is 13.6. The molecule has 0 aliphatic carbocycles. The van der Waals surface area contributed by atoms with Crippen LogP contribution < -0.4 is 5.32 Å². The number of rotatable bonds is 3. The number of benzene rings is 2. The number of nitrogens with zero attached hydrogens (tertiary/aromatic N) is 1. The summed E-state index contributed by atoms with van der Waals surface area (Å²) in [6, 6.07) is 14.2. The van der Waals surface area contributed by atoms with Crippen molar-refractivity contribution in [2.45, 2.75) is 19.9 Å². The highest BCUT2D eigenvalue weighted by molar-refractivity contribution is 5.53. The molecule has 2 nitrogen and oxygen atoms in total. The molecule has 2 aromatic rings. The highest BCUT2D eigenvalue weighted by atomic mass is 19.1. The van der Waals surface area contributed by atoms with Crippen LogP contribution in [0.2, 0.25) is 0 Å². The van der Waals surface area contributed by atoms with Crippen LogP contribution in [0.1, 0.15) is 22.7 Å². The van der Waals surface area contributed by atoms with Crippen molar-refractivity contribution in [2.75, 3.05) is 5.32 Å². The molecule has 0 saturated heterocycles. The minimum absolute atomic E-state index is 0.288. The molecule has 0 aliphatic heterocycles. The van der Waals surface area contributed by atoms with E-state index in [1.54, 1.807) is 19.1 Å². The Hall–Kier alpha value is -2.34. The zero-order chi connectivity index (χ0) is 13.8. The highest BCUT2D eigenvalue weighted by Crippen LogP contribution is 2.23. The molecule has 19 heavy (non-hydrogen) atoms. The zero-order valence-corrected chi connectivity index (χ0v) is 10.9. The van der Waals surface area contributed by atoms with Gasteiger partial charge < -0.3 is 5.32 Å². The van der Waals surface area contributed by atoms with Crippen LogP contribution >= 0.6 is 0 Å². The molecule has 0 aromatic heterocycles. The smallest absolute Gasteiger partial charge is 0.140 e. The van der Waals surface area contributed by atoms with Gasteiger partial charge in [0, 0.05) is 5.69 Å². The maximum Gasteiger partial charge on any atom is 0.140 e. The first-order chi connectivity index (χ1) is 9.11. The largest absolute Gasteiger partial charge is 0.366 e.